The van der Waals surface area contributed by atoms with Crippen LogP contribution in [0.3, 0.4) is 0 Å². The molecule has 1 N–H and O–H groups in total. The lowest BCUT2D eigenvalue weighted by Gasteiger charge is -2.41. The Labute approximate surface area is 134 Å². The molecule has 0 unspecified atom stereocenters. The zero-order valence-electron chi connectivity index (χ0n) is 14.0. The highest BCUT2D eigenvalue weighted by atomic mass is 16.3. The van der Waals surface area contributed by atoms with Gasteiger partial charge >= 0.3 is 0 Å². The monoisotopic (exact) mass is 309 g/mol. The minimum Gasteiger partial charge on any atom is -0.396 e. The predicted octanol–water partition coefficient (Wildman–Crippen LogP) is 0.801. The summed E-state index contributed by atoms with van der Waals surface area (Å²) in [5.74, 6) is 0.237. The van der Waals surface area contributed by atoms with Gasteiger partial charge in [0.15, 0.2) is 0 Å². The number of amides is 1. The number of piperazine rings is 1. The number of nitrogens with zero attached hydrogens (tertiary/aromatic N) is 3. The van der Waals surface area contributed by atoms with Crippen molar-refractivity contribution in [3.63, 3.8) is 0 Å². The third-order valence-corrected chi connectivity index (χ3v) is 5.16. The van der Waals surface area contributed by atoms with Crippen LogP contribution in [-0.2, 0) is 4.79 Å². The van der Waals surface area contributed by atoms with Crippen molar-refractivity contribution in [1.82, 2.24) is 14.7 Å². The van der Waals surface area contributed by atoms with Gasteiger partial charge in [-0.1, -0.05) is 6.08 Å². The topological polar surface area (TPSA) is 47.0 Å². The zero-order valence-corrected chi connectivity index (χ0v) is 14.0. The first-order chi connectivity index (χ1) is 10.6. The summed E-state index contributed by atoms with van der Waals surface area (Å²) in [5.41, 5.74) is -0.163. The minimum atomic E-state index is -0.163. The van der Waals surface area contributed by atoms with Crippen LogP contribution >= 0.6 is 0 Å². The molecule has 0 aromatic heterocycles. The van der Waals surface area contributed by atoms with Crippen LogP contribution in [0, 0.1) is 5.41 Å². The van der Waals surface area contributed by atoms with Crippen LogP contribution in [-0.4, -0.2) is 85.2 Å². The number of allylic oxidation sites excluding steroid dienone is 1. The Hall–Kier alpha value is -0.910. The van der Waals surface area contributed by atoms with Crippen LogP contribution < -0.4 is 0 Å². The average molecular weight is 309 g/mol. The molecule has 5 nitrogen and oxygen atoms in total. The SMILES string of the molecule is C=CC[C@]1(CO)CCCN(C(=O)CCN2CCN(C)CC2)C1. The van der Waals surface area contributed by atoms with E-state index in [2.05, 4.69) is 23.4 Å². The maximum absolute atomic E-state index is 12.5. The molecule has 0 bridgehead atoms. The van der Waals surface area contributed by atoms with Crippen LogP contribution in [0.4, 0.5) is 0 Å². The van der Waals surface area contributed by atoms with Crippen molar-refractivity contribution in [1.29, 1.82) is 0 Å². The van der Waals surface area contributed by atoms with E-state index in [1.54, 1.807) is 0 Å². The highest BCUT2D eigenvalue weighted by Gasteiger charge is 2.35. The van der Waals surface area contributed by atoms with E-state index in [1.165, 1.54) is 0 Å². The third kappa shape index (κ3) is 4.54. The van der Waals surface area contributed by atoms with Gasteiger partial charge < -0.3 is 19.8 Å². The van der Waals surface area contributed by atoms with Gasteiger partial charge in [0.1, 0.15) is 0 Å². The number of rotatable bonds is 6. The molecule has 2 saturated heterocycles. The fourth-order valence-electron chi connectivity index (χ4n) is 3.57. The molecule has 0 aromatic carbocycles. The summed E-state index contributed by atoms with van der Waals surface area (Å²) < 4.78 is 0. The second-order valence-corrected chi connectivity index (χ2v) is 6.96. The maximum atomic E-state index is 12.5. The summed E-state index contributed by atoms with van der Waals surface area (Å²) in [6.45, 7) is 10.6. The number of likely N-dealkylation sites (N-methyl/N-ethyl adjacent to an activating group) is 1. The normalized spacial score (nSPS) is 27.8. The lowest BCUT2D eigenvalue weighted by atomic mass is 9.78. The number of aliphatic hydroxyl groups is 1. The van der Waals surface area contributed by atoms with Gasteiger partial charge in [0.25, 0.3) is 0 Å². The lowest BCUT2D eigenvalue weighted by molar-refractivity contribution is -0.136. The zero-order chi connectivity index (χ0) is 16.0. The first kappa shape index (κ1) is 17.4. The molecular formula is C17H31N3O2. The molecule has 0 saturated carbocycles. The average Bonchev–Trinajstić information content (AvgIpc) is 2.54. The highest BCUT2D eigenvalue weighted by molar-refractivity contribution is 5.76. The number of likely N-dealkylation sites (tertiary alicyclic amines) is 1. The molecule has 2 fully saturated rings. The van der Waals surface area contributed by atoms with E-state index in [4.69, 9.17) is 0 Å². The standard InChI is InChI=1S/C17H31N3O2/c1-3-6-17(15-21)7-4-8-20(14-17)16(22)5-9-19-12-10-18(2)11-13-19/h3,21H,1,4-15H2,2H3/t17-/m0/s1. The van der Waals surface area contributed by atoms with Crippen molar-refractivity contribution < 1.29 is 9.90 Å². The molecule has 1 atom stereocenters. The number of hydrogen-bond acceptors (Lipinski definition) is 4. The second kappa shape index (κ2) is 8.09. The van der Waals surface area contributed by atoms with Gasteiger partial charge in [0, 0.05) is 57.6 Å². The molecule has 0 radical (unpaired) electrons. The summed E-state index contributed by atoms with van der Waals surface area (Å²) in [6.07, 6.45) is 5.21. The van der Waals surface area contributed by atoms with Crippen LogP contribution in [0.1, 0.15) is 25.7 Å². The van der Waals surface area contributed by atoms with Crippen LogP contribution in [0.25, 0.3) is 0 Å². The Morgan fingerprint density at radius 2 is 2.00 bits per heavy atom. The molecule has 5 heteroatoms. The summed E-state index contributed by atoms with van der Waals surface area (Å²) >= 11 is 0. The summed E-state index contributed by atoms with van der Waals surface area (Å²) in [6, 6.07) is 0. The van der Waals surface area contributed by atoms with E-state index in [0.717, 1.165) is 58.5 Å². The first-order valence-corrected chi connectivity index (χ1v) is 8.49. The molecule has 0 aliphatic carbocycles. The molecule has 2 aliphatic rings. The van der Waals surface area contributed by atoms with E-state index >= 15 is 0 Å². The Balaban J connectivity index is 1.80. The molecule has 0 aromatic rings. The van der Waals surface area contributed by atoms with Crippen LogP contribution in [0.2, 0.25) is 0 Å². The number of carbonyl (C=O) groups is 1. The number of hydrogen-bond donors (Lipinski definition) is 1. The van der Waals surface area contributed by atoms with Gasteiger partial charge in [-0.3, -0.25) is 4.79 Å². The van der Waals surface area contributed by atoms with Crippen molar-refractivity contribution >= 4 is 5.91 Å². The summed E-state index contributed by atoms with van der Waals surface area (Å²) in [7, 11) is 2.14. The third-order valence-electron chi connectivity index (χ3n) is 5.16. The Bertz CT molecular complexity index is 380. The molecule has 2 aliphatic heterocycles. The second-order valence-electron chi connectivity index (χ2n) is 6.96. The maximum Gasteiger partial charge on any atom is 0.223 e. The van der Waals surface area contributed by atoms with Gasteiger partial charge in [0.05, 0.1) is 6.61 Å². The van der Waals surface area contributed by atoms with Gasteiger partial charge in [-0.05, 0) is 26.3 Å². The van der Waals surface area contributed by atoms with Gasteiger partial charge in [0.2, 0.25) is 5.91 Å². The fraction of sp³-hybridized carbons (Fsp3) is 0.824. The van der Waals surface area contributed by atoms with Crippen molar-refractivity contribution in [2.75, 3.05) is 59.5 Å². The Morgan fingerprint density at radius 1 is 1.27 bits per heavy atom. The van der Waals surface area contributed by atoms with E-state index < -0.39 is 0 Å². The van der Waals surface area contributed by atoms with Gasteiger partial charge in [-0.2, -0.15) is 0 Å². The Kier molecular flexibility index (Phi) is 6.41. The number of carbonyl (C=O) groups excluding carboxylic acids is 1. The molecule has 2 heterocycles. The highest BCUT2D eigenvalue weighted by Crippen LogP contribution is 2.33. The van der Waals surface area contributed by atoms with Crippen molar-refractivity contribution in [3.05, 3.63) is 12.7 Å². The fourth-order valence-corrected chi connectivity index (χ4v) is 3.57. The van der Waals surface area contributed by atoms with E-state index in [9.17, 15) is 9.90 Å². The largest absolute Gasteiger partial charge is 0.396 e. The molecule has 126 valence electrons. The van der Waals surface area contributed by atoms with Crippen LogP contribution in [0.15, 0.2) is 12.7 Å². The van der Waals surface area contributed by atoms with E-state index in [1.807, 2.05) is 11.0 Å². The van der Waals surface area contributed by atoms with Crippen LogP contribution in [0.5, 0.6) is 0 Å². The number of aliphatic hydroxyl groups excluding tert-OH is 1. The summed E-state index contributed by atoms with van der Waals surface area (Å²) in [5, 5.41) is 9.73. The summed E-state index contributed by atoms with van der Waals surface area (Å²) in [4.78, 5) is 19.2. The first-order valence-electron chi connectivity index (χ1n) is 8.49. The quantitative estimate of drug-likeness (QED) is 0.737. The molecule has 1 amide bonds. The van der Waals surface area contributed by atoms with Crippen molar-refractivity contribution in [3.8, 4) is 0 Å². The van der Waals surface area contributed by atoms with Crippen molar-refractivity contribution in [2.45, 2.75) is 25.7 Å². The molecular weight excluding hydrogens is 278 g/mol. The molecule has 22 heavy (non-hydrogen) atoms. The molecule has 2 rings (SSSR count). The molecule has 0 spiro atoms. The smallest absolute Gasteiger partial charge is 0.223 e. The lowest BCUT2D eigenvalue weighted by Crippen LogP contribution is -2.49. The predicted molar refractivity (Wildman–Crippen MR) is 88.7 cm³/mol. The van der Waals surface area contributed by atoms with E-state index in [0.29, 0.717) is 13.0 Å². The Morgan fingerprint density at radius 3 is 2.64 bits per heavy atom. The van der Waals surface area contributed by atoms with Gasteiger partial charge in [-0.15, -0.1) is 6.58 Å². The van der Waals surface area contributed by atoms with E-state index in [-0.39, 0.29) is 17.9 Å². The minimum absolute atomic E-state index is 0.140. The van der Waals surface area contributed by atoms with Gasteiger partial charge in [-0.25, -0.2) is 0 Å². The van der Waals surface area contributed by atoms with Crippen molar-refractivity contribution in [2.24, 2.45) is 5.41 Å². The number of piperidine rings is 1.